The van der Waals surface area contributed by atoms with Gasteiger partial charge in [0, 0.05) is 42.2 Å². The fourth-order valence-corrected chi connectivity index (χ4v) is 9.92. The van der Waals surface area contributed by atoms with Crippen molar-refractivity contribution in [2.75, 3.05) is 20.5 Å². The monoisotopic (exact) mass is 692 g/mol. The summed E-state index contributed by atoms with van der Waals surface area (Å²) in [4.78, 5) is 3.71. The molecule has 1 aliphatic heterocycles. The van der Waals surface area contributed by atoms with Gasteiger partial charge in [0.05, 0.1) is 14.2 Å². The molecule has 1 aliphatic carbocycles. The van der Waals surface area contributed by atoms with E-state index in [1.807, 2.05) is 36.0 Å². The Morgan fingerprint density at radius 2 is 1.28 bits per heavy atom. The van der Waals surface area contributed by atoms with Gasteiger partial charge in [-0.05, 0) is 101 Å². The zero-order chi connectivity index (χ0) is 34.5. The van der Waals surface area contributed by atoms with Gasteiger partial charge in [-0.25, -0.2) is 0 Å². The van der Waals surface area contributed by atoms with Gasteiger partial charge in [-0.2, -0.15) is 0 Å². The Labute approximate surface area is 303 Å². The van der Waals surface area contributed by atoms with Gasteiger partial charge in [0.2, 0.25) is 0 Å². The Kier molecular flexibility index (Phi) is 8.45. The number of ether oxygens (including phenoxy) is 3. The van der Waals surface area contributed by atoms with E-state index in [0.29, 0.717) is 0 Å². The largest absolute Gasteiger partial charge is 0.497 e. The molecule has 0 spiro atoms. The Hall–Kier alpha value is -4.58. The standard InChI is InChI=1S/C45H40O3S2/c1-6-44(7-2)38-16-12-11-15-34(38)41-36-27-40(50-33-13-9-8-10-14-33)39(49-5)28-37(36)43-35(42(41)44)25-26-45(48-43,29-17-21-31(46-3)22-18-29)30-19-23-32(47-4)24-20-30/h8-28H,6-7H2,1-5H3. The van der Waals surface area contributed by atoms with Crippen LogP contribution < -0.4 is 14.2 Å². The van der Waals surface area contributed by atoms with Crippen molar-refractivity contribution in [1.82, 2.24) is 0 Å². The average molecular weight is 693 g/mol. The van der Waals surface area contributed by atoms with Crippen LogP contribution in [0.5, 0.6) is 17.2 Å². The van der Waals surface area contributed by atoms with Crippen molar-refractivity contribution in [1.29, 1.82) is 0 Å². The van der Waals surface area contributed by atoms with E-state index in [9.17, 15) is 0 Å². The first kappa shape index (κ1) is 32.6. The van der Waals surface area contributed by atoms with Crippen LogP contribution in [-0.2, 0) is 11.0 Å². The molecule has 50 heavy (non-hydrogen) atoms. The number of fused-ring (bicyclic) bond motifs is 8. The molecule has 0 atom stereocenters. The smallest absolute Gasteiger partial charge is 0.178 e. The molecule has 0 saturated carbocycles. The Morgan fingerprint density at radius 1 is 0.680 bits per heavy atom. The quantitative estimate of drug-likeness (QED) is 0.141. The van der Waals surface area contributed by atoms with Gasteiger partial charge in [0.25, 0.3) is 0 Å². The maximum absolute atomic E-state index is 7.63. The SMILES string of the molecule is CCC1(CC)c2ccccc2-c2c1c1c(c3cc(SC)c(Sc4ccccc4)cc23)OC(c2ccc(OC)cc2)(c2ccc(OC)cc2)C=C1. The lowest BCUT2D eigenvalue weighted by Gasteiger charge is -2.39. The lowest BCUT2D eigenvalue weighted by molar-refractivity contribution is 0.163. The molecule has 0 fully saturated rings. The maximum atomic E-state index is 7.63. The summed E-state index contributed by atoms with van der Waals surface area (Å²) in [6.45, 7) is 4.68. The van der Waals surface area contributed by atoms with Gasteiger partial charge in [0.1, 0.15) is 17.2 Å². The number of benzene rings is 6. The number of thioether (sulfide) groups is 1. The van der Waals surface area contributed by atoms with Crippen LogP contribution in [0.25, 0.3) is 28.0 Å². The second kappa shape index (κ2) is 12.9. The predicted molar refractivity (Wildman–Crippen MR) is 210 cm³/mol. The third-order valence-electron chi connectivity index (χ3n) is 10.7. The molecule has 0 bridgehead atoms. The lowest BCUT2D eigenvalue weighted by Crippen LogP contribution is -2.35. The molecule has 0 saturated heterocycles. The van der Waals surface area contributed by atoms with Crippen LogP contribution in [0.3, 0.4) is 0 Å². The molecular formula is C45H40O3S2. The molecule has 1 heterocycles. The molecule has 0 unspecified atom stereocenters. The summed E-state index contributed by atoms with van der Waals surface area (Å²) in [6.07, 6.45) is 8.78. The molecule has 3 nitrogen and oxygen atoms in total. The van der Waals surface area contributed by atoms with Crippen LogP contribution in [0.15, 0.2) is 136 Å². The molecule has 0 radical (unpaired) electrons. The van der Waals surface area contributed by atoms with E-state index in [0.717, 1.165) is 46.6 Å². The first-order valence-corrected chi connectivity index (χ1v) is 19.3. The summed E-state index contributed by atoms with van der Waals surface area (Å²) in [5, 5.41) is 2.37. The molecular weight excluding hydrogens is 653 g/mol. The van der Waals surface area contributed by atoms with E-state index in [1.54, 1.807) is 26.0 Å². The third-order valence-corrected chi connectivity index (χ3v) is 12.7. The molecule has 250 valence electrons. The number of rotatable bonds is 9. The van der Waals surface area contributed by atoms with E-state index < -0.39 is 5.60 Å². The summed E-state index contributed by atoms with van der Waals surface area (Å²) in [7, 11) is 3.40. The summed E-state index contributed by atoms with van der Waals surface area (Å²) in [6, 6.07) is 41.1. The molecule has 6 aromatic carbocycles. The maximum Gasteiger partial charge on any atom is 0.178 e. The minimum Gasteiger partial charge on any atom is -0.497 e. The minimum atomic E-state index is -0.879. The van der Waals surface area contributed by atoms with Crippen LogP contribution in [0, 0.1) is 0 Å². The van der Waals surface area contributed by atoms with Gasteiger partial charge >= 0.3 is 0 Å². The zero-order valence-corrected chi connectivity index (χ0v) is 30.7. The predicted octanol–water partition coefficient (Wildman–Crippen LogP) is 12.2. The summed E-state index contributed by atoms with van der Waals surface area (Å²) in [5.41, 5.74) is 7.70. The normalized spacial score (nSPS) is 14.8. The number of hydrogen-bond donors (Lipinski definition) is 0. The van der Waals surface area contributed by atoms with Crippen molar-refractivity contribution in [2.45, 2.75) is 52.4 Å². The third kappa shape index (κ3) is 4.97. The molecule has 0 N–H and O–H groups in total. The highest BCUT2D eigenvalue weighted by atomic mass is 32.2. The topological polar surface area (TPSA) is 27.7 Å². The fourth-order valence-electron chi connectivity index (χ4n) is 8.17. The zero-order valence-electron chi connectivity index (χ0n) is 29.1. The Morgan fingerprint density at radius 3 is 1.88 bits per heavy atom. The van der Waals surface area contributed by atoms with Gasteiger partial charge in [-0.15, -0.1) is 11.8 Å². The first-order chi connectivity index (χ1) is 24.5. The fraction of sp³-hybridized carbons (Fsp3) is 0.200. The molecule has 0 amide bonds. The number of hydrogen-bond acceptors (Lipinski definition) is 5. The van der Waals surface area contributed by atoms with E-state index in [4.69, 9.17) is 14.2 Å². The van der Waals surface area contributed by atoms with Crippen LogP contribution in [-0.4, -0.2) is 20.5 Å². The van der Waals surface area contributed by atoms with E-state index in [-0.39, 0.29) is 5.41 Å². The number of methoxy groups -OCH3 is 2. The van der Waals surface area contributed by atoms with Crippen LogP contribution >= 0.6 is 23.5 Å². The van der Waals surface area contributed by atoms with Crippen molar-refractivity contribution < 1.29 is 14.2 Å². The highest BCUT2D eigenvalue weighted by Crippen LogP contribution is 2.61. The van der Waals surface area contributed by atoms with Gasteiger partial charge < -0.3 is 14.2 Å². The summed E-state index contributed by atoms with van der Waals surface area (Å²) < 4.78 is 18.8. The lowest BCUT2D eigenvalue weighted by atomic mass is 9.71. The van der Waals surface area contributed by atoms with Crippen LogP contribution in [0.4, 0.5) is 0 Å². The van der Waals surface area contributed by atoms with Gasteiger partial charge in [-0.3, -0.25) is 0 Å². The molecule has 0 aromatic heterocycles. The molecule has 2 aliphatic rings. The highest BCUT2D eigenvalue weighted by Gasteiger charge is 2.47. The first-order valence-electron chi connectivity index (χ1n) is 17.2. The van der Waals surface area contributed by atoms with Crippen LogP contribution in [0.2, 0.25) is 0 Å². The average Bonchev–Trinajstić information content (AvgIpc) is 3.49. The van der Waals surface area contributed by atoms with Crippen molar-refractivity contribution in [3.05, 3.63) is 149 Å². The van der Waals surface area contributed by atoms with E-state index in [2.05, 4.69) is 123 Å². The van der Waals surface area contributed by atoms with Crippen LogP contribution in [0.1, 0.15) is 54.5 Å². The van der Waals surface area contributed by atoms with Crippen molar-refractivity contribution in [3.63, 3.8) is 0 Å². The highest BCUT2D eigenvalue weighted by molar-refractivity contribution is 8.02. The second-order valence-electron chi connectivity index (χ2n) is 12.9. The van der Waals surface area contributed by atoms with Gasteiger partial charge in [0.15, 0.2) is 5.60 Å². The Bertz CT molecular complexity index is 2190. The molecule has 6 aromatic rings. The summed E-state index contributed by atoms with van der Waals surface area (Å²) >= 11 is 3.62. The second-order valence-corrected chi connectivity index (χ2v) is 14.9. The molecule has 5 heteroatoms. The molecule has 8 rings (SSSR count). The van der Waals surface area contributed by atoms with Gasteiger partial charge in [-0.1, -0.05) is 98.4 Å². The van der Waals surface area contributed by atoms with E-state index in [1.165, 1.54) is 47.9 Å². The van der Waals surface area contributed by atoms with Crippen molar-refractivity contribution >= 4 is 40.4 Å². The Balaban J connectivity index is 1.46. The summed E-state index contributed by atoms with van der Waals surface area (Å²) in [5.74, 6) is 2.55. The van der Waals surface area contributed by atoms with Crippen molar-refractivity contribution in [2.24, 2.45) is 0 Å². The van der Waals surface area contributed by atoms with Crippen molar-refractivity contribution in [3.8, 4) is 28.4 Å². The van der Waals surface area contributed by atoms with E-state index >= 15 is 0 Å². The minimum absolute atomic E-state index is 0.136.